The molecule has 132 valence electrons. The minimum Gasteiger partial charge on any atom is -0.496 e. The number of rotatable bonds is 5. The van der Waals surface area contributed by atoms with Gasteiger partial charge in [0.15, 0.2) is 0 Å². The van der Waals surface area contributed by atoms with Gasteiger partial charge in [-0.1, -0.05) is 42.5 Å². The highest BCUT2D eigenvalue weighted by Gasteiger charge is 2.09. The Labute approximate surface area is 158 Å². The van der Waals surface area contributed by atoms with E-state index in [1.54, 1.807) is 30.6 Å². The number of nitrogens with zero attached hydrogens (tertiary/aromatic N) is 2. The molecule has 3 aromatic rings. The highest BCUT2D eigenvalue weighted by atomic mass is 35.5. The molecule has 0 radical (unpaired) electrons. The number of pyridine rings is 1. The zero-order chi connectivity index (χ0) is 17.5. The summed E-state index contributed by atoms with van der Waals surface area (Å²) >= 11 is 0. The molecule has 0 aliphatic heterocycles. The van der Waals surface area contributed by atoms with Gasteiger partial charge >= 0.3 is 0 Å². The van der Waals surface area contributed by atoms with Crippen molar-refractivity contribution in [1.82, 2.24) is 10.4 Å². The third kappa shape index (κ3) is 4.68. The van der Waals surface area contributed by atoms with Gasteiger partial charge in [-0.3, -0.25) is 9.78 Å². The van der Waals surface area contributed by atoms with Gasteiger partial charge in [0.05, 0.1) is 24.6 Å². The molecule has 1 aromatic heterocycles. The second kappa shape index (κ2) is 9.34. The molecule has 26 heavy (non-hydrogen) atoms. The van der Waals surface area contributed by atoms with Gasteiger partial charge < -0.3 is 4.74 Å². The van der Waals surface area contributed by atoms with Gasteiger partial charge in [0, 0.05) is 11.8 Å². The average molecular weight is 368 g/mol. The highest BCUT2D eigenvalue weighted by molar-refractivity contribution is 5.97. The molecular weight excluding hydrogens is 350 g/mol. The smallest absolute Gasteiger partial charge is 0.275 e. The molecule has 0 fully saturated rings. The minimum absolute atomic E-state index is 0. The zero-order valence-electron chi connectivity index (χ0n) is 14.1. The van der Waals surface area contributed by atoms with Crippen LogP contribution in [0.25, 0.3) is 11.3 Å². The highest BCUT2D eigenvalue weighted by Crippen LogP contribution is 2.17. The van der Waals surface area contributed by atoms with Crippen molar-refractivity contribution in [3.8, 4) is 17.0 Å². The van der Waals surface area contributed by atoms with Crippen molar-refractivity contribution in [3.63, 3.8) is 0 Å². The monoisotopic (exact) mass is 367 g/mol. The Morgan fingerprint density at radius 3 is 2.46 bits per heavy atom. The summed E-state index contributed by atoms with van der Waals surface area (Å²) in [5.41, 5.74) is 5.76. The topological polar surface area (TPSA) is 63.6 Å². The van der Waals surface area contributed by atoms with Gasteiger partial charge in [-0.15, -0.1) is 12.4 Å². The normalized spacial score (nSPS) is 10.2. The molecule has 0 saturated carbocycles. The minimum atomic E-state index is -0.321. The molecule has 0 atom stereocenters. The molecule has 1 N–H and O–H groups in total. The van der Waals surface area contributed by atoms with Crippen molar-refractivity contribution in [3.05, 3.63) is 84.1 Å². The van der Waals surface area contributed by atoms with Crippen LogP contribution in [0.1, 0.15) is 15.9 Å². The summed E-state index contributed by atoms with van der Waals surface area (Å²) in [5.74, 6) is 0.189. The van der Waals surface area contributed by atoms with Crippen LogP contribution in [0, 0.1) is 0 Å². The quantitative estimate of drug-likeness (QED) is 0.548. The van der Waals surface area contributed by atoms with E-state index in [0.29, 0.717) is 11.3 Å². The third-order valence-corrected chi connectivity index (χ3v) is 3.60. The second-order valence-electron chi connectivity index (χ2n) is 5.24. The Kier molecular flexibility index (Phi) is 6.88. The average Bonchev–Trinajstić information content (AvgIpc) is 2.69. The van der Waals surface area contributed by atoms with E-state index in [1.807, 2.05) is 48.5 Å². The number of hydrazone groups is 1. The number of hydrogen-bond acceptors (Lipinski definition) is 4. The summed E-state index contributed by atoms with van der Waals surface area (Å²) in [6, 6.07) is 20.6. The Bertz CT molecular complexity index is 881. The molecule has 6 heteroatoms. The summed E-state index contributed by atoms with van der Waals surface area (Å²) < 4.78 is 5.17. The molecule has 0 bridgehead atoms. The van der Waals surface area contributed by atoms with Crippen LogP contribution in [0.2, 0.25) is 0 Å². The van der Waals surface area contributed by atoms with Crippen LogP contribution in [0.4, 0.5) is 0 Å². The number of amides is 1. The fourth-order valence-corrected chi connectivity index (χ4v) is 2.33. The lowest BCUT2D eigenvalue weighted by atomic mass is 10.1. The van der Waals surface area contributed by atoms with Crippen LogP contribution in [-0.4, -0.2) is 24.2 Å². The van der Waals surface area contributed by atoms with Gasteiger partial charge in [-0.25, -0.2) is 5.43 Å². The van der Waals surface area contributed by atoms with E-state index < -0.39 is 0 Å². The van der Waals surface area contributed by atoms with Gasteiger partial charge in [0.2, 0.25) is 0 Å². The number of ether oxygens (including phenoxy) is 1. The fourth-order valence-electron chi connectivity index (χ4n) is 2.33. The lowest BCUT2D eigenvalue weighted by Gasteiger charge is -2.06. The molecule has 2 aromatic carbocycles. The fraction of sp³-hybridized carbons (Fsp3) is 0.0500. The van der Waals surface area contributed by atoms with Crippen LogP contribution < -0.4 is 10.2 Å². The number of halogens is 1. The maximum atomic E-state index is 12.1. The number of nitrogens with one attached hydrogen (secondary N) is 1. The largest absolute Gasteiger partial charge is 0.496 e. The number of benzene rings is 2. The van der Waals surface area contributed by atoms with Gasteiger partial charge in [-0.05, 0) is 29.8 Å². The molecule has 0 unspecified atom stereocenters. The number of hydrogen-bond donors (Lipinski definition) is 1. The molecule has 0 spiro atoms. The maximum absolute atomic E-state index is 12.1. The first-order valence-corrected chi connectivity index (χ1v) is 7.76. The van der Waals surface area contributed by atoms with Gasteiger partial charge in [0.1, 0.15) is 5.75 Å². The summed E-state index contributed by atoms with van der Waals surface area (Å²) in [6.07, 6.45) is 3.35. The van der Waals surface area contributed by atoms with E-state index in [4.69, 9.17) is 4.74 Å². The molecule has 1 heterocycles. The Morgan fingerprint density at radius 2 is 1.77 bits per heavy atom. The van der Waals surface area contributed by atoms with E-state index in [9.17, 15) is 4.79 Å². The van der Waals surface area contributed by atoms with Crippen molar-refractivity contribution < 1.29 is 9.53 Å². The molecule has 5 nitrogen and oxygen atoms in total. The standard InChI is InChI=1S/C20H17N3O2.ClH/c1-25-19-8-3-2-6-17(19)20(24)23-22-14-15-9-11-16(12-10-15)18-7-4-5-13-21-18;/h2-14H,1H3,(H,23,24);1H. The summed E-state index contributed by atoms with van der Waals surface area (Å²) in [4.78, 5) is 16.5. The number of aromatic nitrogens is 1. The van der Waals surface area contributed by atoms with E-state index in [0.717, 1.165) is 16.8 Å². The van der Waals surface area contributed by atoms with E-state index >= 15 is 0 Å². The van der Waals surface area contributed by atoms with E-state index in [2.05, 4.69) is 15.5 Å². The predicted octanol–water partition coefficient (Wildman–Crippen LogP) is 3.94. The number of carbonyl (C=O) groups excluding carboxylic acids is 1. The van der Waals surface area contributed by atoms with Crippen LogP contribution in [0.5, 0.6) is 5.75 Å². The van der Waals surface area contributed by atoms with E-state index in [-0.39, 0.29) is 18.3 Å². The molecule has 0 saturated heterocycles. The van der Waals surface area contributed by atoms with Crippen molar-refractivity contribution in [2.45, 2.75) is 0 Å². The maximum Gasteiger partial charge on any atom is 0.275 e. The summed E-state index contributed by atoms with van der Waals surface area (Å²) in [6.45, 7) is 0. The second-order valence-corrected chi connectivity index (χ2v) is 5.24. The first kappa shape index (κ1) is 19.1. The number of carbonyl (C=O) groups is 1. The number of para-hydroxylation sites is 1. The lowest BCUT2D eigenvalue weighted by molar-refractivity contribution is 0.0952. The predicted molar refractivity (Wildman–Crippen MR) is 105 cm³/mol. The Balaban J connectivity index is 0.00000243. The summed E-state index contributed by atoms with van der Waals surface area (Å²) in [5, 5.41) is 4.00. The van der Waals surface area contributed by atoms with Crippen molar-refractivity contribution in [1.29, 1.82) is 0 Å². The van der Waals surface area contributed by atoms with Crippen LogP contribution in [0.3, 0.4) is 0 Å². The van der Waals surface area contributed by atoms with Gasteiger partial charge in [-0.2, -0.15) is 5.10 Å². The van der Waals surface area contributed by atoms with Crippen molar-refractivity contribution >= 4 is 24.5 Å². The number of methoxy groups -OCH3 is 1. The third-order valence-electron chi connectivity index (χ3n) is 3.60. The van der Waals surface area contributed by atoms with Crippen molar-refractivity contribution in [2.75, 3.05) is 7.11 Å². The molecule has 3 rings (SSSR count). The first-order valence-electron chi connectivity index (χ1n) is 7.76. The van der Waals surface area contributed by atoms with Crippen LogP contribution >= 0.6 is 12.4 Å². The Hall–Kier alpha value is -3.18. The first-order chi connectivity index (χ1) is 12.3. The van der Waals surface area contributed by atoms with Crippen LogP contribution in [-0.2, 0) is 0 Å². The lowest BCUT2D eigenvalue weighted by Crippen LogP contribution is -2.18. The van der Waals surface area contributed by atoms with Crippen LogP contribution in [0.15, 0.2) is 78.0 Å². The molecule has 1 amide bonds. The SMILES string of the molecule is COc1ccccc1C(=O)NN=Cc1ccc(-c2ccccn2)cc1.Cl. The van der Waals surface area contributed by atoms with E-state index in [1.165, 1.54) is 7.11 Å². The molecule has 0 aliphatic rings. The Morgan fingerprint density at radius 1 is 1.04 bits per heavy atom. The summed E-state index contributed by atoms with van der Waals surface area (Å²) in [7, 11) is 1.53. The molecule has 0 aliphatic carbocycles. The van der Waals surface area contributed by atoms with Gasteiger partial charge in [0.25, 0.3) is 5.91 Å². The zero-order valence-corrected chi connectivity index (χ0v) is 14.9. The molecular formula is C20H18ClN3O2. The van der Waals surface area contributed by atoms with Crippen molar-refractivity contribution in [2.24, 2.45) is 5.10 Å².